The van der Waals surface area contributed by atoms with E-state index in [0.29, 0.717) is 17.3 Å². The summed E-state index contributed by atoms with van der Waals surface area (Å²) in [6.45, 7) is 1.84. The van der Waals surface area contributed by atoms with Crippen LogP contribution >= 0.6 is 27.5 Å². The van der Waals surface area contributed by atoms with Crippen LogP contribution in [-0.2, 0) is 32.6 Å². The van der Waals surface area contributed by atoms with Crippen molar-refractivity contribution in [2.45, 2.75) is 25.9 Å². The molecule has 196 valence electrons. The van der Waals surface area contributed by atoms with Crippen molar-refractivity contribution in [3.05, 3.63) is 99.5 Å². The topological polar surface area (TPSA) is 86.8 Å². The van der Waals surface area contributed by atoms with Gasteiger partial charge in [0, 0.05) is 29.0 Å². The normalized spacial score (nSPS) is 12.0. The Bertz CT molecular complexity index is 1320. The minimum atomic E-state index is -3.82. The molecular formula is C27H29BrClN3O4S. The average Bonchev–Trinajstić information content (AvgIpc) is 2.85. The summed E-state index contributed by atoms with van der Waals surface area (Å²) < 4.78 is 27.3. The number of nitrogens with zero attached hydrogens (tertiary/aromatic N) is 2. The van der Waals surface area contributed by atoms with Crippen LogP contribution in [0.3, 0.4) is 0 Å². The molecule has 1 N–H and O–H groups in total. The first-order valence-electron chi connectivity index (χ1n) is 11.7. The SMILES string of the molecule is CCNC(=O)[C@H](Cc1ccccc1)N(Cc1cccc(Br)c1)C(=O)CN(c1ccc(Cl)cc1)S(C)(=O)=O. The number of sulfonamides is 1. The number of amides is 2. The molecule has 37 heavy (non-hydrogen) atoms. The minimum Gasteiger partial charge on any atom is -0.355 e. The number of carbonyl (C=O) groups is 2. The molecule has 0 saturated carbocycles. The Labute approximate surface area is 231 Å². The van der Waals surface area contributed by atoms with Crippen molar-refractivity contribution in [1.82, 2.24) is 10.2 Å². The Morgan fingerprint density at radius 1 is 0.973 bits per heavy atom. The van der Waals surface area contributed by atoms with Crippen LogP contribution in [0.15, 0.2) is 83.3 Å². The fourth-order valence-corrected chi connectivity index (χ4v) is 5.32. The van der Waals surface area contributed by atoms with Crippen molar-refractivity contribution >= 4 is 55.1 Å². The molecule has 0 spiro atoms. The predicted molar refractivity (Wildman–Crippen MR) is 151 cm³/mol. The van der Waals surface area contributed by atoms with Gasteiger partial charge in [0.2, 0.25) is 21.8 Å². The fraction of sp³-hybridized carbons (Fsp3) is 0.259. The number of halogens is 2. The molecule has 3 aromatic rings. The van der Waals surface area contributed by atoms with Gasteiger partial charge in [-0.25, -0.2) is 8.42 Å². The lowest BCUT2D eigenvalue weighted by molar-refractivity contribution is -0.140. The van der Waals surface area contributed by atoms with Crippen LogP contribution in [0.2, 0.25) is 5.02 Å². The Kier molecular flexibility index (Phi) is 10.1. The number of likely N-dealkylation sites (N-methyl/N-ethyl adjacent to an activating group) is 1. The van der Waals surface area contributed by atoms with E-state index in [1.54, 1.807) is 24.3 Å². The van der Waals surface area contributed by atoms with Crippen LogP contribution in [0.1, 0.15) is 18.1 Å². The summed E-state index contributed by atoms with van der Waals surface area (Å²) in [4.78, 5) is 28.6. The first-order chi connectivity index (χ1) is 17.6. The number of benzene rings is 3. The molecule has 0 radical (unpaired) electrons. The minimum absolute atomic E-state index is 0.116. The fourth-order valence-electron chi connectivity index (χ4n) is 3.90. The van der Waals surface area contributed by atoms with Gasteiger partial charge in [-0.2, -0.15) is 0 Å². The molecule has 0 aliphatic heterocycles. The molecule has 0 saturated heterocycles. The van der Waals surface area contributed by atoms with Crippen molar-refractivity contribution in [1.29, 1.82) is 0 Å². The molecule has 0 unspecified atom stereocenters. The summed E-state index contributed by atoms with van der Waals surface area (Å²) >= 11 is 9.44. The van der Waals surface area contributed by atoms with Crippen molar-refractivity contribution in [3.63, 3.8) is 0 Å². The third-order valence-corrected chi connectivity index (χ3v) is 7.54. The summed E-state index contributed by atoms with van der Waals surface area (Å²) in [5.74, 6) is -0.820. The molecule has 0 aromatic heterocycles. The van der Waals surface area contributed by atoms with E-state index in [9.17, 15) is 18.0 Å². The lowest BCUT2D eigenvalue weighted by atomic mass is 10.0. The predicted octanol–water partition coefficient (Wildman–Crippen LogP) is 4.64. The Hall–Kier alpha value is -2.88. The largest absolute Gasteiger partial charge is 0.355 e. The molecule has 10 heteroatoms. The molecule has 2 amide bonds. The maximum atomic E-state index is 13.9. The summed E-state index contributed by atoms with van der Waals surface area (Å²) in [5, 5.41) is 3.27. The van der Waals surface area contributed by atoms with E-state index in [4.69, 9.17) is 11.6 Å². The highest BCUT2D eigenvalue weighted by atomic mass is 79.9. The van der Waals surface area contributed by atoms with Crippen LogP contribution in [0.25, 0.3) is 0 Å². The van der Waals surface area contributed by atoms with Gasteiger partial charge < -0.3 is 10.2 Å². The molecule has 0 aliphatic carbocycles. The number of carbonyl (C=O) groups excluding carboxylic acids is 2. The number of hydrogen-bond acceptors (Lipinski definition) is 4. The van der Waals surface area contributed by atoms with Gasteiger partial charge in [0.25, 0.3) is 0 Å². The van der Waals surface area contributed by atoms with Gasteiger partial charge in [-0.15, -0.1) is 0 Å². The van der Waals surface area contributed by atoms with Gasteiger partial charge in [-0.3, -0.25) is 13.9 Å². The molecule has 0 heterocycles. The maximum Gasteiger partial charge on any atom is 0.244 e. The highest BCUT2D eigenvalue weighted by Gasteiger charge is 2.32. The van der Waals surface area contributed by atoms with E-state index in [-0.39, 0.29) is 18.9 Å². The van der Waals surface area contributed by atoms with E-state index >= 15 is 0 Å². The second kappa shape index (κ2) is 13.1. The Morgan fingerprint density at radius 3 is 2.22 bits per heavy atom. The van der Waals surface area contributed by atoms with Crippen molar-refractivity contribution < 1.29 is 18.0 Å². The standard InChI is InChI=1S/C27H29BrClN3O4S/c1-3-30-27(34)25(17-20-8-5-4-6-9-20)31(18-21-10-7-11-22(28)16-21)26(33)19-32(37(2,35)36)24-14-12-23(29)13-15-24/h4-16,25H,3,17-19H2,1-2H3,(H,30,34)/t25-/m0/s1. The molecule has 3 aromatic carbocycles. The second-order valence-corrected chi connectivity index (χ2v) is 11.8. The maximum absolute atomic E-state index is 13.9. The van der Waals surface area contributed by atoms with Gasteiger partial charge in [0.15, 0.2) is 0 Å². The van der Waals surface area contributed by atoms with Gasteiger partial charge in [-0.1, -0.05) is 70.0 Å². The van der Waals surface area contributed by atoms with Gasteiger partial charge in [-0.05, 0) is 54.4 Å². The molecule has 7 nitrogen and oxygen atoms in total. The van der Waals surface area contributed by atoms with Crippen molar-refractivity contribution in [3.8, 4) is 0 Å². The van der Waals surface area contributed by atoms with Crippen LogP contribution in [0.5, 0.6) is 0 Å². The van der Waals surface area contributed by atoms with Crippen LogP contribution in [0, 0.1) is 0 Å². The van der Waals surface area contributed by atoms with Gasteiger partial charge >= 0.3 is 0 Å². The third kappa shape index (κ3) is 8.31. The molecule has 0 aliphatic rings. The Balaban J connectivity index is 2.03. The van der Waals surface area contributed by atoms with E-state index in [0.717, 1.165) is 26.2 Å². The zero-order valence-electron chi connectivity index (χ0n) is 20.6. The van der Waals surface area contributed by atoms with E-state index in [1.807, 2.05) is 61.5 Å². The number of nitrogens with one attached hydrogen (secondary N) is 1. The highest BCUT2D eigenvalue weighted by Crippen LogP contribution is 2.23. The van der Waals surface area contributed by atoms with Crippen LogP contribution in [-0.4, -0.2) is 50.5 Å². The quantitative estimate of drug-likeness (QED) is 0.345. The van der Waals surface area contributed by atoms with E-state index in [2.05, 4.69) is 21.2 Å². The summed E-state index contributed by atoms with van der Waals surface area (Å²) in [5.41, 5.74) is 1.98. The zero-order chi connectivity index (χ0) is 27.0. The Morgan fingerprint density at radius 2 is 1.62 bits per heavy atom. The van der Waals surface area contributed by atoms with Crippen LogP contribution < -0.4 is 9.62 Å². The van der Waals surface area contributed by atoms with Gasteiger partial charge in [0.1, 0.15) is 12.6 Å². The molecule has 0 bridgehead atoms. The number of hydrogen-bond donors (Lipinski definition) is 1. The highest BCUT2D eigenvalue weighted by molar-refractivity contribution is 9.10. The first kappa shape index (κ1) is 28.7. The lowest BCUT2D eigenvalue weighted by Crippen LogP contribution is -2.53. The van der Waals surface area contributed by atoms with E-state index in [1.165, 1.54) is 4.90 Å². The lowest BCUT2D eigenvalue weighted by Gasteiger charge is -2.33. The summed E-state index contributed by atoms with van der Waals surface area (Å²) in [6, 6.07) is 22.2. The van der Waals surface area contributed by atoms with Crippen molar-refractivity contribution in [2.24, 2.45) is 0 Å². The third-order valence-electron chi connectivity index (χ3n) is 5.66. The van der Waals surface area contributed by atoms with E-state index < -0.39 is 28.5 Å². The number of anilines is 1. The monoisotopic (exact) mass is 605 g/mol. The molecular weight excluding hydrogens is 578 g/mol. The number of rotatable bonds is 11. The summed E-state index contributed by atoms with van der Waals surface area (Å²) in [6.07, 6.45) is 1.31. The molecule has 0 fully saturated rings. The average molecular weight is 607 g/mol. The van der Waals surface area contributed by atoms with Crippen molar-refractivity contribution in [2.75, 3.05) is 23.7 Å². The first-order valence-corrected chi connectivity index (χ1v) is 14.7. The van der Waals surface area contributed by atoms with Crippen LogP contribution in [0.4, 0.5) is 5.69 Å². The second-order valence-electron chi connectivity index (χ2n) is 8.50. The van der Waals surface area contributed by atoms with Gasteiger partial charge in [0.05, 0.1) is 11.9 Å². The molecule has 3 rings (SSSR count). The molecule has 1 atom stereocenters. The smallest absolute Gasteiger partial charge is 0.244 e. The zero-order valence-corrected chi connectivity index (χ0v) is 23.8. The summed E-state index contributed by atoms with van der Waals surface area (Å²) in [7, 11) is -3.82.